The monoisotopic (exact) mass is 349 g/mol. The molecule has 25 heavy (non-hydrogen) atoms. The number of nitrogens with zero attached hydrogens (tertiary/aromatic N) is 1. The van der Waals surface area contributed by atoms with Crippen LogP contribution < -0.4 is 4.74 Å². The normalized spacial score (nSPS) is 20.3. The molecule has 1 aliphatic rings. The predicted molar refractivity (Wildman–Crippen MR) is 93.5 cm³/mol. The van der Waals surface area contributed by atoms with Crippen LogP contribution in [0.1, 0.15) is 32.8 Å². The van der Waals surface area contributed by atoms with Crippen molar-refractivity contribution >= 4 is 12.1 Å². The highest BCUT2D eigenvalue weighted by atomic mass is 16.6. The predicted octanol–water partition coefficient (Wildman–Crippen LogP) is 3.04. The molecule has 0 radical (unpaired) electrons. The molecule has 1 amide bonds. The van der Waals surface area contributed by atoms with E-state index < -0.39 is 23.7 Å². The van der Waals surface area contributed by atoms with Gasteiger partial charge in [0.1, 0.15) is 17.4 Å². The molecule has 0 N–H and O–H groups in total. The van der Waals surface area contributed by atoms with E-state index in [4.69, 9.17) is 14.2 Å². The number of carbonyl (C=O) groups excluding carboxylic acids is 2. The summed E-state index contributed by atoms with van der Waals surface area (Å²) in [5.74, 6) is 0.321. The molecule has 0 unspecified atom stereocenters. The van der Waals surface area contributed by atoms with Crippen molar-refractivity contribution in [3.05, 3.63) is 29.8 Å². The van der Waals surface area contributed by atoms with Gasteiger partial charge in [0, 0.05) is 6.54 Å². The summed E-state index contributed by atoms with van der Waals surface area (Å²) in [6.45, 7) is 5.88. The summed E-state index contributed by atoms with van der Waals surface area (Å²) in [5, 5.41) is 0. The van der Waals surface area contributed by atoms with Crippen LogP contribution in [-0.4, -0.2) is 49.4 Å². The van der Waals surface area contributed by atoms with E-state index in [1.165, 1.54) is 12.0 Å². The highest BCUT2D eigenvalue weighted by Gasteiger charge is 2.44. The maximum Gasteiger partial charge on any atom is 0.411 e. The Morgan fingerprint density at radius 1 is 1.20 bits per heavy atom. The zero-order chi connectivity index (χ0) is 18.6. The van der Waals surface area contributed by atoms with Crippen LogP contribution in [0.15, 0.2) is 24.3 Å². The standard InChI is InChI=1S/C19H27NO5/c1-19(2,3)25-18(22)20-11-10-14(16(20)17(21)24-5)12-13-8-6-7-9-15(13)23-4/h6-9,14,16H,10-12H2,1-5H3/t14-,16+/m1/s1. The van der Waals surface area contributed by atoms with E-state index in [1.54, 1.807) is 27.9 Å². The van der Waals surface area contributed by atoms with E-state index in [-0.39, 0.29) is 5.92 Å². The quantitative estimate of drug-likeness (QED) is 0.782. The molecule has 138 valence electrons. The zero-order valence-corrected chi connectivity index (χ0v) is 15.6. The molecule has 6 nitrogen and oxygen atoms in total. The van der Waals surface area contributed by atoms with Crippen molar-refractivity contribution in [1.29, 1.82) is 0 Å². The zero-order valence-electron chi connectivity index (χ0n) is 15.6. The number of methoxy groups -OCH3 is 2. The summed E-state index contributed by atoms with van der Waals surface area (Å²) in [6, 6.07) is 7.06. The van der Waals surface area contributed by atoms with Gasteiger partial charge >= 0.3 is 12.1 Å². The summed E-state index contributed by atoms with van der Waals surface area (Å²) in [6.07, 6.45) is 0.852. The lowest BCUT2D eigenvalue weighted by atomic mass is 9.92. The fourth-order valence-electron chi connectivity index (χ4n) is 3.19. The van der Waals surface area contributed by atoms with Crippen molar-refractivity contribution in [2.24, 2.45) is 5.92 Å². The van der Waals surface area contributed by atoms with Gasteiger partial charge in [0.2, 0.25) is 0 Å². The van der Waals surface area contributed by atoms with E-state index in [9.17, 15) is 9.59 Å². The Balaban J connectivity index is 2.21. The third-order valence-corrected chi connectivity index (χ3v) is 4.27. The molecule has 0 aromatic heterocycles. The summed E-state index contributed by atoms with van der Waals surface area (Å²) in [4.78, 5) is 26.3. The molecule has 6 heteroatoms. The first kappa shape index (κ1) is 19.1. The van der Waals surface area contributed by atoms with E-state index in [0.717, 1.165) is 11.3 Å². The van der Waals surface area contributed by atoms with Gasteiger partial charge < -0.3 is 14.2 Å². The van der Waals surface area contributed by atoms with Gasteiger partial charge in [-0.15, -0.1) is 0 Å². The molecule has 2 rings (SSSR count). The van der Waals surface area contributed by atoms with E-state index in [2.05, 4.69) is 0 Å². The lowest BCUT2D eigenvalue weighted by Crippen LogP contribution is -2.46. The number of para-hydroxylation sites is 1. The van der Waals surface area contributed by atoms with Gasteiger partial charge in [0.15, 0.2) is 0 Å². The smallest absolute Gasteiger partial charge is 0.411 e. The number of hydrogen-bond acceptors (Lipinski definition) is 5. The van der Waals surface area contributed by atoms with Crippen LogP contribution in [0, 0.1) is 5.92 Å². The number of carbonyl (C=O) groups is 2. The van der Waals surface area contributed by atoms with Crippen molar-refractivity contribution in [2.45, 2.75) is 45.3 Å². The Hall–Kier alpha value is -2.24. The average Bonchev–Trinajstić information content (AvgIpc) is 2.97. The highest BCUT2D eigenvalue weighted by Crippen LogP contribution is 2.32. The maximum atomic E-state index is 12.5. The Morgan fingerprint density at radius 3 is 2.48 bits per heavy atom. The first-order valence-electron chi connectivity index (χ1n) is 8.46. The SMILES string of the molecule is COC(=O)[C@@H]1[C@@H](Cc2ccccc2OC)CCN1C(=O)OC(C)(C)C. The molecule has 2 atom stereocenters. The fraction of sp³-hybridized carbons (Fsp3) is 0.579. The van der Waals surface area contributed by atoms with Gasteiger partial charge in [-0.25, -0.2) is 9.59 Å². The second-order valence-electron chi connectivity index (χ2n) is 7.21. The topological polar surface area (TPSA) is 65.1 Å². The van der Waals surface area contributed by atoms with Crippen LogP contribution in [0.2, 0.25) is 0 Å². The van der Waals surface area contributed by atoms with Crippen LogP contribution in [0.3, 0.4) is 0 Å². The molecule has 1 heterocycles. The Morgan fingerprint density at radius 2 is 1.88 bits per heavy atom. The van der Waals surface area contributed by atoms with Gasteiger partial charge in [-0.1, -0.05) is 18.2 Å². The summed E-state index contributed by atoms with van der Waals surface area (Å²) < 4.78 is 15.8. The molecule has 1 aliphatic heterocycles. The minimum atomic E-state index is -0.648. The number of benzene rings is 1. The van der Waals surface area contributed by atoms with Crippen LogP contribution in [0.25, 0.3) is 0 Å². The van der Waals surface area contributed by atoms with Crippen LogP contribution in [0.5, 0.6) is 5.75 Å². The average molecular weight is 349 g/mol. The van der Waals surface area contributed by atoms with Gasteiger partial charge in [-0.3, -0.25) is 4.90 Å². The number of ether oxygens (including phenoxy) is 3. The van der Waals surface area contributed by atoms with E-state index in [1.807, 2.05) is 24.3 Å². The van der Waals surface area contributed by atoms with Crippen molar-refractivity contribution < 1.29 is 23.8 Å². The Bertz CT molecular complexity index is 622. The highest BCUT2D eigenvalue weighted by molar-refractivity contribution is 5.82. The number of esters is 1. The third kappa shape index (κ3) is 4.65. The minimum Gasteiger partial charge on any atom is -0.496 e. The lowest BCUT2D eigenvalue weighted by Gasteiger charge is -2.29. The van der Waals surface area contributed by atoms with Gasteiger partial charge in [-0.05, 0) is 51.2 Å². The third-order valence-electron chi connectivity index (χ3n) is 4.27. The summed E-state index contributed by atoms with van der Waals surface area (Å²) in [7, 11) is 2.96. The molecule has 0 aliphatic carbocycles. The van der Waals surface area contributed by atoms with E-state index in [0.29, 0.717) is 19.4 Å². The van der Waals surface area contributed by atoms with E-state index >= 15 is 0 Å². The van der Waals surface area contributed by atoms with Crippen molar-refractivity contribution in [2.75, 3.05) is 20.8 Å². The molecular formula is C19H27NO5. The summed E-state index contributed by atoms with van der Waals surface area (Å²) >= 11 is 0. The molecule has 1 aromatic rings. The van der Waals surface area contributed by atoms with Crippen LogP contribution in [-0.2, 0) is 20.7 Å². The maximum absolute atomic E-state index is 12.5. The largest absolute Gasteiger partial charge is 0.496 e. The Kier molecular flexibility index (Phi) is 5.93. The number of likely N-dealkylation sites (tertiary alicyclic amines) is 1. The molecule has 0 bridgehead atoms. The molecule has 1 aromatic carbocycles. The van der Waals surface area contributed by atoms with Crippen LogP contribution >= 0.6 is 0 Å². The van der Waals surface area contributed by atoms with Crippen molar-refractivity contribution in [3.63, 3.8) is 0 Å². The molecular weight excluding hydrogens is 322 g/mol. The number of rotatable bonds is 4. The van der Waals surface area contributed by atoms with Gasteiger partial charge in [0.25, 0.3) is 0 Å². The van der Waals surface area contributed by atoms with Gasteiger partial charge in [-0.2, -0.15) is 0 Å². The summed E-state index contributed by atoms with van der Waals surface area (Å²) in [5.41, 5.74) is 0.397. The molecule has 1 fully saturated rings. The first-order valence-corrected chi connectivity index (χ1v) is 8.46. The second kappa shape index (κ2) is 7.76. The van der Waals surface area contributed by atoms with Crippen molar-refractivity contribution in [3.8, 4) is 5.75 Å². The Labute approximate surface area is 149 Å². The lowest BCUT2D eigenvalue weighted by molar-refractivity contribution is -0.147. The minimum absolute atomic E-state index is 0.0451. The van der Waals surface area contributed by atoms with Crippen molar-refractivity contribution in [1.82, 2.24) is 4.90 Å². The van der Waals surface area contributed by atoms with Gasteiger partial charge in [0.05, 0.1) is 14.2 Å². The molecule has 0 saturated carbocycles. The molecule has 1 saturated heterocycles. The number of amides is 1. The van der Waals surface area contributed by atoms with Crippen LogP contribution in [0.4, 0.5) is 4.79 Å². The fourth-order valence-corrected chi connectivity index (χ4v) is 3.19. The molecule has 0 spiro atoms. The second-order valence-corrected chi connectivity index (χ2v) is 7.21. The first-order chi connectivity index (χ1) is 11.8. The number of hydrogen-bond donors (Lipinski definition) is 0.